The zero-order valence-electron chi connectivity index (χ0n) is 13.3. The number of aromatic nitrogens is 2. The fourth-order valence-corrected chi connectivity index (χ4v) is 4.13. The van der Waals surface area contributed by atoms with E-state index in [1.165, 1.54) is 28.6 Å². The zero-order valence-corrected chi connectivity index (χ0v) is 14.9. The quantitative estimate of drug-likeness (QED) is 0.691. The monoisotopic (exact) mass is 389 g/mol. The van der Waals surface area contributed by atoms with Gasteiger partial charge in [-0.3, -0.25) is 4.79 Å². The van der Waals surface area contributed by atoms with Gasteiger partial charge in [0.05, 0.1) is 22.2 Å². The summed E-state index contributed by atoms with van der Waals surface area (Å²) in [5, 5.41) is 16.8. The smallest absolute Gasteiger partial charge is 0.235 e. The summed E-state index contributed by atoms with van der Waals surface area (Å²) in [6.45, 7) is 0. The second-order valence-corrected chi connectivity index (χ2v) is 7.26. The highest BCUT2D eigenvalue weighted by Gasteiger charge is 2.29. The second-order valence-electron chi connectivity index (χ2n) is 5.76. The molecule has 0 saturated heterocycles. The molecule has 1 amide bonds. The molecule has 3 aromatic rings. The molecule has 0 bridgehead atoms. The number of fused-ring (bicyclic) bond motifs is 1. The highest BCUT2D eigenvalue weighted by molar-refractivity contribution is 8.00. The van der Waals surface area contributed by atoms with Gasteiger partial charge < -0.3 is 10.4 Å². The van der Waals surface area contributed by atoms with Crippen molar-refractivity contribution in [2.75, 3.05) is 11.1 Å². The number of phenolic OH excluding ortho intramolecular Hbond substituents is 1. The molecule has 132 valence electrons. The fraction of sp³-hybridized carbons (Fsp3) is 0.111. The minimum absolute atomic E-state index is 0.00878. The Labute approximate surface area is 157 Å². The standard InChI is InChI=1S/C18H13ClFN3O2S/c19-12-7-10(5-6-15(12)24)17-11-8-21-23(14-4-2-1-3-13(14)20)18(11)22-16(25)9-26-17/h1-8,17,24H,9H2,(H,22,25)/t17-/m1/s1. The van der Waals surface area contributed by atoms with E-state index >= 15 is 0 Å². The third-order valence-electron chi connectivity index (χ3n) is 4.07. The first-order chi connectivity index (χ1) is 12.5. The number of halogens is 2. The molecule has 4 rings (SSSR count). The number of amides is 1. The Morgan fingerprint density at radius 1 is 1.31 bits per heavy atom. The largest absolute Gasteiger partial charge is 0.506 e. The summed E-state index contributed by atoms with van der Waals surface area (Å²) in [6, 6.07) is 11.2. The maximum atomic E-state index is 14.2. The maximum absolute atomic E-state index is 14.2. The minimum Gasteiger partial charge on any atom is -0.506 e. The van der Waals surface area contributed by atoms with E-state index in [4.69, 9.17) is 11.6 Å². The van der Waals surface area contributed by atoms with E-state index in [9.17, 15) is 14.3 Å². The average Bonchev–Trinajstić information content (AvgIpc) is 2.94. The van der Waals surface area contributed by atoms with Crippen LogP contribution in [0.1, 0.15) is 16.4 Å². The van der Waals surface area contributed by atoms with Crippen molar-refractivity contribution >= 4 is 35.1 Å². The molecule has 0 saturated carbocycles. The van der Waals surface area contributed by atoms with Crippen LogP contribution in [0.2, 0.25) is 5.02 Å². The van der Waals surface area contributed by atoms with Gasteiger partial charge in [0.2, 0.25) is 5.91 Å². The number of thioether (sulfide) groups is 1. The first-order valence-electron chi connectivity index (χ1n) is 7.77. The molecule has 26 heavy (non-hydrogen) atoms. The Bertz CT molecular complexity index is 1010. The van der Waals surface area contributed by atoms with E-state index in [0.717, 1.165) is 11.1 Å². The van der Waals surface area contributed by atoms with E-state index in [-0.39, 0.29) is 33.4 Å². The maximum Gasteiger partial charge on any atom is 0.235 e. The Morgan fingerprint density at radius 2 is 2.12 bits per heavy atom. The molecule has 1 atom stereocenters. The Hall–Kier alpha value is -2.51. The van der Waals surface area contributed by atoms with Crippen molar-refractivity contribution in [1.82, 2.24) is 9.78 Å². The van der Waals surface area contributed by atoms with Crippen LogP contribution in [-0.2, 0) is 4.79 Å². The number of hydrogen-bond acceptors (Lipinski definition) is 4. The lowest BCUT2D eigenvalue weighted by atomic mass is 10.1. The SMILES string of the molecule is O=C1CS[C@H](c2ccc(O)c(Cl)c2)c2cnn(-c3ccccc3F)c2N1. The molecule has 1 aliphatic rings. The van der Waals surface area contributed by atoms with E-state index in [1.807, 2.05) is 0 Å². The molecule has 1 aliphatic heterocycles. The summed E-state index contributed by atoms with van der Waals surface area (Å²) in [6.07, 6.45) is 1.62. The van der Waals surface area contributed by atoms with Crippen molar-refractivity contribution < 1.29 is 14.3 Å². The number of carbonyl (C=O) groups excluding carboxylic acids is 1. The topological polar surface area (TPSA) is 67.1 Å². The third kappa shape index (κ3) is 2.93. The minimum atomic E-state index is -0.436. The molecule has 8 heteroatoms. The van der Waals surface area contributed by atoms with E-state index < -0.39 is 5.82 Å². The van der Waals surface area contributed by atoms with E-state index in [2.05, 4.69) is 10.4 Å². The lowest BCUT2D eigenvalue weighted by Crippen LogP contribution is -2.16. The van der Waals surface area contributed by atoms with Crippen LogP contribution in [0.25, 0.3) is 5.69 Å². The van der Waals surface area contributed by atoms with Crippen molar-refractivity contribution in [3.8, 4) is 11.4 Å². The molecular formula is C18H13ClFN3O2S. The number of aromatic hydroxyl groups is 1. The number of rotatable bonds is 2. The van der Waals surface area contributed by atoms with Crippen molar-refractivity contribution in [3.63, 3.8) is 0 Å². The first kappa shape index (κ1) is 16.9. The Balaban J connectivity index is 1.86. The van der Waals surface area contributed by atoms with E-state index in [1.54, 1.807) is 36.5 Å². The molecule has 0 aliphatic carbocycles. The molecule has 0 unspecified atom stereocenters. The van der Waals surface area contributed by atoms with Crippen LogP contribution in [0.4, 0.5) is 10.2 Å². The molecular weight excluding hydrogens is 377 g/mol. The fourth-order valence-electron chi connectivity index (χ4n) is 2.86. The van der Waals surface area contributed by atoms with Crippen LogP contribution in [0.15, 0.2) is 48.7 Å². The lowest BCUT2D eigenvalue weighted by molar-refractivity contribution is -0.113. The molecule has 0 fully saturated rings. The van der Waals surface area contributed by atoms with E-state index in [0.29, 0.717) is 5.82 Å². The van der Waals surface area contributed by atoms with Crippen LogP contribution < -0.4 is 5.32 Å². The summed E-state index contributed by atoms with van der Waals surface area (Å²) >= 11 is 7.46. The molecule has 2 aromatic carbocycles. The van der Waals surface area contributed by atoms with Gasteiger partial charge in [0.15, 0.2) is 0 Å². The van der Waals surface area contributed by atoms with Gasteiger partial charge >= 0.3 is 0 Å². The summed E-state index contributed by atoms with van der Waals surface area (Å²) < 4.78 is 15.6. The number of hydrogen-bond donors (Lipinski definition) is 2. The number of para-hydroxylation sites is 1. The predicted octanol–water partition coefficient (Wildman–Crippen LogP) is 4.15. The Kier molecular flexibility index (Phi) is 4.34. The summed E-state index contributed by atoms with van der Waals surface area (Å²) in [7, 11) is 0. The molecule has 2 N–H and O–H groups in total. The van der Waals surface area contributed by atoms with Gasteiger partial charge in [-0.1, -0.05) is 29.8 Å². The normalized spacial score (nSPS) is 16.7. The number of nitrogens with one attached hydrogen (secondary N) is 1. The number of nitrogens with zero attached hydrogens (tertiary/aromatic N) is 2. The summed E-state index contributed by atoms with van der Waals surface area (Å²) in [5.41, 5.74) is 1.82. The number of anilines is 1. The highest BCUT2D eigenvalue weighted by Crippen LogP contribution is 2.43. The van der Waals surface area contributed by atoms with Crippen molar-refractivity contribution in [2.24, 2.45) is 0 Å². The van der Waals surface area contributed by atoms with Crippen LogP contribution in [-0.4, -0.2) is 26.5 Å². The van der Waals surface area contributed by atoms with Crippen LogP contribution in [0.5, 0.6) is 5.75 Å². The predicted molar refractivity (Wildman–Crippen MR) is 99.6 cm³/mol. The molecule has 5 nitrogen and oxygen atoms in total. The second kappa shape index (κ2) is 6.66. The van der Waals surface area contributed by atoms with Crippen LogP contribution in [0, 0.1) is 5.82 Å². The molecule has 2 heterocycles. The Morgan fingerprint density at radius 3 is 2.88 bits per heavy atom. The van der Waals surface area contributed by atoms with Crippen LogP contribution >= 0.6 is 23.4 Å². The van der Waals surface area contributed by atoms with Crippen molar-refractivity contribution in [2.45, 2.75) is 5.25 Å². The number of benzene rings is 2. The average molecular weight is 390 g/mol. The van der Waals surface area contributed by atoms with Gasteiger partial charge in [0.1, 0.15) is 23.1 Å². The van der Waals surface area contributed by atoms with Gasteiger partial charge in [0, 0.05) is 5.56 Å². The van der Waals surface area contributed by atoms with Gasteiger partial charge in [-0.15, -0.1) is 11.8 Å². The van der Waals surface area contributed by atoms with Gasteiger partial charge in [0.25, 0.3) is 0 Å². The third-order valence-corrected chi connectivity index (χ3v) is 5.67. The lowest BCUT2D eigenvalue weighted by Gasteiger charge is -2.15. The molecule has 0 spiro atoms. The highest BCUT2D eigenvalue weighted by atomic mass is 35.5. The van der Waals surface area contributed by atoms with Gasteiger partial charge in [-0.2, -0.15) is 5.10 Å². The van der Waals surface area contributed by atoms with Crippen LogP contribution in [0.3, 0.4) is 0 Å². The zero-order chi connectivity index (χ0) is 18.3. The first-order valence-corrected chi connectivity index (χ1v) is 9.20. The molecule has 1 aromatic heterocycles. The van der Waals surface area contributed by atoms with Gasteiger partial charge in [-0.05, 0) is 29.8 Å². The van der Waals surface area contributed by atoms with Crippen molar-refractivity contribution in [1.29, 1.82) is 0 Å². The summed E-state index contributed by atoms with van der Waals surface area (Å²) in [5.74, 6) is 0.0232. The number of phenols is 1. The molecule has 0 radical (unpaired) electrons. The summed E-state index contributed by atoms with van der Waals surface area (Å²) in [4.78, 5) is 12.2. The number of carbonyl (C=O) groups is 1. The van der Waals surface area contributed by atoms with Gasteiger partial charge in [-0.25, -0.2) is 9.07 Å². The van der Waals surface area contributed by atoms with Crippen molar-refractivity contribution in [3.05, 3.63) is 70.6 Å².